The Labute approximate surface area is 93.9 Å². The van der Waals surface area contributed by atoms with Gasteiger partial charge in [0.1, 0.15) is 5.76 Å². The van der Waals surface area contributed by atoms with Crippen LogP contribution in [0.1, 0.15) is 17.2 Å². The Morgan fingerprint density at radius 2 is 1.93 bits per heavy atom. The van der Waals surface area contributed by atoms with Gasteiger partial charge in [0.15, 0.2) is 0 Å². The maximum Gasteiger partial charge on any atom is 0.209 e. The smallest absolute Gasteiger partial charge is 0.209 e. The zero-order chi connectivity index (χ0) is 10.5. The fourth-order valence-corrected chi connectivity index (χ4v) is 1.56. The summed E-state index contributed by atoms with van der Waals surface area (Å²) >= 11 is 5.60. The third kappa shape index (κ3) is 2.83. The van der Waals surface area contributed by atoms with Crippen LogP contribution >= 0.6 is 11.6 Å². The van der Waals surface area contributed by atoms with Crippen molar-refractivity contribution >= 4 is 11.6 Å². The van der Waals surface area contributed by atoms with Gasteiger partial charge in [-0.3, -0.25) is 0 Å². The second kappa shape index (κ2) is 4.99. The SMILES string of the molecule is ClCc1ncc(CCc2ccccc2)o1. The molecule has 0 aliphatic heterocycles. The van der Waals surface area contributed by atoms with Gasteiger partial charge in [-0.25, -0.2) is 4.98 Å². The molecule has 2 aromatic rings. The normalized spacial score (nSPS) is 10.5. The number of alkyl halides is 1. The van der Waals surface area contributed by atoms with Gasteiger partial charge < -0.3 is 4.42 Å². The van der Waals surface area contributed by atoms with Gasteiger partial charge >= 0.3 is 0 Å². The number of halogens is 1. The lowest BCUT2D eigenvalue weighted by Crippen LogP contribution is -1.88. The molecule has 3 heteroatoms. The maximum absolute atomic E-state index is 5.60. The Balaban J connectivity index is 1.93. The number of oxazole rings is 1. The summed E-state index contributed by atoms with van der Waals surface area (Å²) in [7, 11) is 0. The Morgan fingerprint density at radius 3 is 2.60 bits per heavy atom. The summed E-state index contributed by atoms with van der Waals surface area (Å²) in [5.74, 6) is 1.83. The summed E-state index contributed by atoms with van der Waals surface area (Å²) in [5.41, 5.74) is 1.31. The molecule has 0 unspecified atom stereocenters. The molecule has 1 heterocycles. The largest absolute Gasteiger partial charge is 0.444 e. The van der Waals surface area contributed by atoms with Gasteiger partial charge in [0.05, 0.1) is 12.1 Å². The number of hydrogen-bond donors (Lipinski definition) is 0. The summed E-state index contributed by atoms with van der Waals surface area (Å²) in [6, 6.07) is 10.3. The molecule has 0 N–H and O–H groups in total. The molecule has 1 aromatic heterocycles. The summed E-state index contributed by atoms with van der Waals surface area (Å²) in [4.78, 5) is 4.05. The summed E-state index contributed by atoms with van der Waals surface area (Å²) < 4.78 is 5.41. The van der Waals surface area contributed by atoms with E-state index in [1.807, 2.05) is 18.2 Å². The van der Waals surface area contributed by atoms with Crippen LogP contribution in [0.3, 0.4) is 0 Å². The van der Waals surface area contributed by atoms with Gasteiger partial charge in [-0.2, -0.15) is 0 Å². The second-order valence-electron chi connectivity index (χ2n) is 3.34. The maximum atomic E-state index is 5.60. The summed E-state index contributed by atoms with van der Waals surface area (Å²) in [6.07, 6.45) is 3.59. The molecular formula is C12H12ClNO. The van der Waals surface area contributed by atoms with E-state index >= 15 is 0 Å². The first-order valence-electron chi connectivity index (χ1n) is 4.92. The van der Waals surface area contributed by atoms with Gasteiger partial charge in [-0.15, -0.1) is 11.6 Å². The molecule has 0 bridgehead atoms. The molecule has 15 heavy (non-hydrogen) atoms. The highest BCUT2D eigenvalue weighted by Crippen LogP contribution is 2.10. The first kappa shape index (κ1) is 10.2. The molecule has 78 valence electrons. The van der Waals surface area contributed by atoms with E-state index < -0.39 is 0 Å². The Hall–Kier alpha value is -1.28. The molecule has 1 aromatic carbocycles. The highest BCUT2D eigenvalue weighted by atomic mass is 35.5. The molecule has 0 fully saturated rings. The van der Waals surface area contributed by atoms with E-state index in [0.717, 1.165) is 18.6 Å². The van der Waals surface area contributed by atoms with Crippen molar-refractivity contribution in [2.45, 2.75) is 18.7 Å². The summed E-state index contributed by atoms with van der Waals surface area (Å²) in [5, 5.41) is 0. The number of rotatable bonds is 4. The van der Waals surface area contributed by atoms with E-state index in [1.165, 1.54) is 5.56 Å². The number of aryl methyl sites for hydroxylation is 2. The number of hydrogen-bond acceptors (Lipinski definition) is 2. The van der Waals surface area contributed by atoms with E-state index in [2.05, 4.69) is 17.1 Å². The molecule has 2 rings (SSSR count). The molecule has 0 atom stereocenters. The molecule has 0 aliphatic rings. The molecule has 0 saturated heterocycles. The molecule has 0 spiro atoms. The van der Waals surface area contributed by atoms with E-state index in [-0.39, 0.29) is 0 Å². The van der Waals surface area contributed by atoms with Crippen LogP contribution in [0, 0.1) is 0 Å². The van der Waals surface area contributed by atoms with Crippen molar-refractivity contribution in [3.8, 4) is 0 Å². The van der Waals surface area contributed by atoms with E-state index in [1.54, 1.807) is 6.20 Å². The van der Waals surface area contributed by atoms with Crippen molar-refractivity contribution in [1.29, 1.82) is 0 Å². The van der Waals surface area contributed by atoms with Crippen molar-refractivity contribution in [1.82, 2.24) is 4.98 Å². The predicted molar refractivity (Wildman–Crippen MR) is 59.9 cm³/mol. The van der Waals surface area contributed by atoms with E-state index in [4.69, 9.17) is 16.0 Å². The van der Waals surface area contributed by atoms with Crippen molar-refractivity contribution in [2.75, 3.05) is 0 Å². The van der Waals surface area contributed by atoms with Crippen molar-refractivity contribution in [2.24, 2.45) is 0 Å². The average Bonchev–Trinajstić information content (AvgIpc) is 2.76. The second-order valence-corrected chi connectivity index (χ2v) is 3.61. The van der Waals surface area contributed by atoms with Crippen molar-refractivity contribution in [3.63, 3.8) is 0 Å². The lowest BCUT2D eigenvalue weighted by atomic mass is 10.1. The number of nitrogens with zero attached hydrogens (tertiary/aromatic N) is 1. The van der Waals surface area contributed by atoms with Crippen molar-refractivity contribution < 1.29 is 4.42 Å². The van der Waals surface area contributed by atoms with E-state index in [9.17, 15) is 0 Å². The highest BCUT2D eigenvalue weighted by Gasteiger charge is 2.02. The van der Waals surface area contributed by atoms with Gasteiger partial charge in [-0.1, -0.05) is 30.3 Å². The van der Waals surface area contributed by atoms with Crippen LogP contribution in [0.15, 0.2) is 40.9 Å². The van der Waals surface area contributed by atoms with E-state index in [0.29, 0.717) is 11.8 Å². The van der Waals surface area contributed by atoms with Crippen LogP contribution in [0.25, 0.3) is 0 Å². The van der Waals surface area contributed by atoms with Gasteiger partial charge in [0.2, 0.25) is 5.89 Å². The Bertz CT molecular complexity index is 411. The minimum absolute atomic E-state index is 0.339. The lowest BCUT2D eigenvalue weighted by molar-refractivity contribution is 0.470. The lowest BCUT2D eigenvalue weighted by Gasteiger charge is -1.97. The topological polar surface area (TPSA) is 26.0 Å². The minimum Gasteiger partial charge on any atom is -0.444 e. The van der Waals surface area contributed by atoms with Crippen LogP contribution in [-0.2, 0) is 18.7 Å². The zero-order valence-electron chi connectivity index (χ0n) is 8.32. The molecular weight excluding hydrogens is 210 g/mol. The Kier molecular flexibility index (Phi) is 3.41. The quantitative estimate of drug-likeness (QED) is 0.741. The average molecular weight is 222 g/mol. The highest BCUT2D eigenvalue weighted by molar-refractivity contribution is 6.16. The fourth-order valence-electron chi connectivity index (χ4n) is 1.44. The predicted octanol–water partition coefficient (Wildman–Crippen LogP) is 3.20. The van der Waals surface area contributed by atoms with Crippen LogP contribution in [-0.4, -0.2) is 4.98 Å². The first-order valence-corrected chi connectivity index (χ1v) is 5.45. The fraction of sp³-hybridized carbons (Fsp3) is 0.250. The molecule has 0 radical (unpaired) electrons. The van der Waals surface area contributed by atoms with Gasteiger partial charge in [0.25, 0.3) is 0 Å². The molecule has 2 nitrogen and oxygen atoms in total. The third-order valence-corrected chi connectivity index (χ3v) is 2.45. The first-order chi connectivity index (χ1) is 7.38. The number of benzene rings is 1. The van der Waals surface area contributed by atoms with Gasteiger partial charge in [-0.05, 0) is 12.0 Å². The minimum atomic E-state index is 0.339. The molecule has 0 aliphatic carbocycles. The van der Waals surface area contributed by atoms with Crippen LogP contribution in [0.5, 0.6) is 0 Å². The summed E-state index contributed by atoms with van der Waals surface area (Å²) in [6.45, 7) is 0. The van der Waals surface area contributed by atoms with Crippen LogP contribution < -0.4 is 0 Å². The zero-order valence-corrected chi connectivity index (χ0v) is 9.07. The standard InChI is InChI=1S/C12H12ClNO/c13-8-12-14-9-11(15-12)7-6-10-4-2-1-3-5-10/h1-5,9H,6-8H2. The molecule has 0 saturated carbocycles. The monoisotopic (exact) mass is 221 g/mol. The number of aromatic nitrogens is 1. The Morgan fingerprint density at radius 1 is 1.13 bits per heavy atom. The van der Waals surface area contributed by atoms with Gasteiger partial charge in [0, 0.05) is 6.42 Å². The van der Waals surface area contributed by atoms with Crippen LogP contribution in [0.2, 0.25) is 0 Å². The third-order valence-electron chi connectivity index (χ3n) is 2.22. The van der Waals surface area contributed by atoms with Crippen molar-refractivity contribution in [3.05, 3.63) is 53.7 Å². The molecule has 0 amide bonds. The van der Waals surface area contributed by atoms with Crippen LogP contribution in [0.4, 0.5) is 0 Å².